The minimum atomic E-state index is -0.228. The first-order chi connectivity index (χ1) is 12.0. The van der Waals surface area contributed by atoms with Gasteiger partial charge in [-0.25, -0.2) is 0 Å². The fourth-order valence-electron chi connectivity index (χ4n) is 3.43. The van der Waals surface area contributed by atoms with Crippen LogP contribution < -0.4 is 5.32 Å². The van der Waals surface area contributed by atoms with E-state index in [9.17, 15) is 9.59 Å². The number of aromatic nitrogens is 2. The van der Waals surface area contributed by atoms with Crippen molar-refractivity contribution >= 4 is 11.8 Å². The fourth-order valence-corrected chi connectivity index (χ4v) is 3.43. The maximum atomic E-state index is 13.1. The molecule has 1 aromatic carbocycles. The van der Waals surface area contributed by atoms with Crippen molar-refractivity contribution in [2.45, 2.75) is 32.7 Å². The zero-order valence-electron chi connectivity index (χ0n) is 15.0. The van der Waals surface area contributed by atoms with Crippen LogP contribution in [0.25, 0.3) is 0 Å². The number of nitrogens with one attached hydrogen (secondary N) is 1. The van der Waals surface area contributed by atoms with E-state index in [0.717, 1.165) is 22.5 Å². The third kappa shape index (κ3) is 3.57. The predicted octanol–water partition coefficient (Wildman–Crippen LogP) is 1.67. The van der Waals surface area contributed by atoms with Crippen LogP contribution >= 0.6 is 0 Å². The summed E-state index contributed by atoms with van der Waals surface area (Å²) in [6, 6.07) is 9.54. The highest BCUT2D eigenvalue weighted by molar-refractivity contribution is 5.83. The van der Waals surface area contributed by atoms with E-state index in [1.807, 2.05) is 56.1 Å². The van der Waals surface area contributed by atoms with Crippen molar-refractivity contribution in [2.75, 3.05) is 13.1 Å². The van der Waals surface area contributed by atoms with Crippen molar-refractivity contribution in [3.63, 3.8) is 0 Å². The lowest BCUT2D eigenvalue weighted by Crippen LogP contribution is -2.37. The van der Waals surface area contributed by atoms with Crippen LogP contribution in [0.3, 0.4) is 0 Å². The topological polar surface area (TPSA) is 67.2 Å². The first-order valence-corrected chi connectivity index (χ1v) is 8.57. The molecule has 6 heteroatoms. The molecule has 1 aliphatic heterocycles. The second kappa shape index (κ2) is 7.09. The summed E-state index contributed by atoms with van der Waals surface area (Å²) >= 11 is 0. The van der Waals surface area contributed by atoms with E-state index >= 15 is 0 Å². The van der Waals surface area contributed by atoms with Crippen molar-refractivity contribution in [3.8, 4) is 0 Å². The Morgan fingerprint density at radius 2 is 2.00 bits per heavy atom. The van der Waals surface area contributed by atoms with Crippen LogP contribution in [0.5, 0.6) is 0 Å². The molecule has 1 aromatic heterocycles. The van der Waals surface area contributed by atoms with Gasteiger partial charge in [0, 0.05) is 31.4 Å². The number of rotatable bonds is 3. The molecule has 25 heavy (non-hydrogen) atoms. The second-order valence-corrected chi connectivity index (χ2v) is 6.52. The maximum Gasteiger partial charge on any atom is 0.227 e. The molecule has 132 valence electrons. The molecular formula is C19H24N4O2. The molecule has 6 nitrogen and oxygen atoms in total. The normalized spacial score (nSPS) is 18.0. The highest BCUT2D eigenvalue weighted by atomic mass is 16.2. The highest BCUT2D eigenvalue weighted by Gasteiger charge is 2.30. The van der Waals surface area contributed by atoms with Crippen molar-refractivity contribution in [3.05, 3.63) is 52.8 Å². The summed E-state index contributed by atoms with van der Waals surface area (Å²) in [6.07, 6.45) is 0.601. The number of hydrogen-bond acceptors (Lipinski definition) is 3. The number of hydrogen-bond donors (Lipinski definition) is 1. The number of benzene rings is 1. The van der Waals surface area contributed by atoms with Gasteiger partial charge in [-0.15, -0.1) is 0 Å². The molecule has 1 saturated heterocycles. The van der Waals surface area contributed by atoms with Crippen molar-refractivity contribution in [1.82, 2.24) is 20.0 Å². The summed E-state index contributed by atoms with van der Waals surface area (Å²) in [5.41, 5.74) is 3.86. The average Bonchev–Trinajstić information content (AvgIpc) is 2.77. The Labute approximate surface area is 147 Å². The Morgan fingerprint density at radius 1 is 1.28 bits per heavy atom. The Balaban J connectivity index is 1.88. The number of nitrogens with zero attached hydrogens (tertiary/aromatic N) is 3. The van der Waals surface area contributed by atoms with Crippen molar-refractivity contribution < 1.29 is 9.59 Å². The predicted molar refractivity (Wildman–Crippen MR) is 94.9 cm³/mol. The molecule has 0 spiro atoms. The molecule has 1 aliphatic rings. The lowest BCUT2D eigenvalue weighted by Gasteiger charge is -2.29. The summed E-state index contributed by atoms with van der Waals surface area (Å²) in [4.78, 5) is 26.9. The van der Waals surface area contributed by atoms with Gasteiger partial charge in [0.2, 0.25) is 11.8 Å². The van der Waals surface area contributed by atoms with Gasteiger partial charge in [-0.3, -0.25) is 14.3 Å². The minimum absolute atomic E-state index is 0.0158. The minimum Gasteiger partial charge on any atom is -0.354 e. The van der Waals surface area contributed by atoms with Crippen LogP contribution in [0.4, 0.5) is 0 Å². The Hall–Kier alpha value is -2.63. The summed E-state index contributed by atoms with van der Waals surface area (Å²) in [5, 5.41) is 7.27. The summed E-state index contributed by atoms with van der Waals surface area (Å²) < 4.78 is 1.81. The number of carbonyl (C=O) groups excluding carboxylic acids is 2. The van der Waals surface area contributed by atoms with E-state index in [4.69, 9.17) is 0 Å². The Kier molecular flexibility index (Phi) is 4.88. The van der Waals surface area contributed by atoms with Crippen LogP contribution in [-0.2, 0) is 23.1 Å². The lowest BCUT2D eigenvalue weighted by atomic mass is 10.0. The number of carbonyl (C=O) groups is 2. The van der Waals surface area contributed by atoms with Crippen molar-refractivity contribution in [1.29, 1.82) is 0 Å². The average molecular weight is 340 g/mol. The lowest BCUT2D eigenvalue weighted by molar-refractivity contribution is -0.133. The van der Waals surface area contributed by atoms with E-state index in [0.29, 0.717) is 25.9 Å². The molecule has 2 heterocycles. The van der Waals surface area contributed by atoms with Gasteiger partial charge in [0.25, 0.3) is 0 Å². The first kappa shape index (κ1) is 17.2. The molecule has 0 bridgehead atoms. The molecule has 1 atom stereocenters. The van der Waals surface area contributed by atoms with E-state index in [-0.39, 0.29) is 17.9 Å². The molecule has 1 fully saturated rings. The third-order valence-electron chi connectivity index (χ3n) is 4.92. The molecule has 1 N–H and O–H groups in total. The van der Waals surface area contributed by atoms with Crippen LogP contribution in [-0.4, -0.2) is 39.6 Å². The molecule has 0 radical (unpaired) electrons. The first-order valence-electron chi connectivity index (χ1n) is 8.57. The van der Waals surface area contributed by atoms with Crippen LogP contribution in [0.15, 0.2) is 30.3 Å². The Morgan fingerprint density at radius 3 is 2.64 bits per heavy atom. The van der Waals surface area contributed by atoms with Gasteiger partial charge in [0.15, 0.2) is 0 Å². The maximum absolute atomic E-state index is 13.1. The van der Waals surface area contributed by atoms with Gasteiger partial charge in [0.05, 0.1) is 24.6 Å². The quantitative estimate of drug-likeness (QED) is 0.924. The monoisotopic (exact) mass is 340 g/mol. The molecule has 2 amide bonds. The molecule has 0 aliphatic carbocycles. The van der Waals surface area contributed by atoms with E-state index < -0.39 is 0 Å². The van der Waals surface area contributed by atoms with E-state index in [2.05, 4.69) is 10.4 Å². The van der Waals surface area contributed by atoms with Gasteiger partial charge in [-0.05, 0) is 19.4 Å². The molecular weight excluding hydrogens is 316 g/mol. The Bertz CT molecular complexity index is 782. The molecule has 2 aromatic rings. The molecule has 3 rings (SSSR count). The van der Waals surface area contributed by atoms with Crippen LogP contribution in [0.1, 0.15) is 35.0 Å². The molecule has 0 saturated carbocycles. The fraction of sp³-hybridized carbons (Fsp3) is 0.421. The largest absolute Gasteiger partial charge is 0.354 e. The van der Waals surface area contributed by atoms with Crippen LogP contribution in [0, 0.1) is 13.8 Å². The second-order valence-electron chi connectivity index (χ2n) is 6.52. The number of aryl methyl sites for hydroxylation is 2. The summed E-state index contributed by atoms with van der Waals surface area (Å²) in [5.74, 6) is 0.0162. The zero-order chi connectivity index (χ0) is 18.0. The van der Waals surface area contributed by atoms with Gasteiger partial charge in [-0.1, -0.05) is 30.3 Å². The molecule has 0 unspecified atom stereocenters. The standard InChI is InChI=1S/C19H24N4O2/c1-13-16(14(2)22(3)21-13)11-19(25)23-10-9-20-18(24)12-17(23)15-7-5-4-6-8-15/h4-8,17H,9-12H2,1-3H3,(H,20,24)/t17-/m0/s1. The summed E-state index contributed by atoms with van der Waals surface area (Å²) in [6.45, 7) is 4.91. The summed E-state index contributed by atoms with van der Waals surface area (Å²) in [7, 11) is 1.89. The van der Waals surface area contributed by atoms with E-state index in [1.54, 1.807) is 4.68 Å². The highest BCUT2D eigenvalue weighted by Crippen LogP contribution is 2.27. The van der Waals surface area contributed by atoms with Gasteiger partial charge < -0.3 is 10.2 Å². The van der Waals surface area contributed by atoms with Gasteiger partial charge >= 0.3 is 0 Å². The smallest absolute Gasteiger partial charge is 0.227 e. The number of amides is 2. The SMILES string of the molecule is Cc1nn(C)c(C)c1CC(=O)N1CCNC(=O)C[C@H]1c1ccccc1. The zero-order valence-corrected chi connectivity index (χ0v) is 15.0. The van der Waals surface area contributed by atoms with E-state index in [1.165, 1.54) is 0 Å². The van der Waals surface area contributed by atoms with Crippen LogP contribution in [0.2, 0.25) is 0 Å². The van der Waals surface area contributed by atoms with Gasteiger partial charge in [-0.2, -0.15) is 5.10 Å². The third-order valence-corrected chi connectivity index (χ3v) is 4.92. The van der Waals surface area contributed by atoms with Crippen molar-refractivity contribution in [2.24, 2.45) is 7.05 Å². The van der Waals surface area contributed by atoms with Gasteiger partial charge in [0.1, 0.15) is 0 Å².